The highest BCUT2D eigenvalue weighted by molar-refractivity contribution is 6.89. The van der Waals surface area contributed by atoms with Crippen LogP contribution in [0.3, 0.4) is 0 Å². The highest BCUT2D eigenvalue weighted by atomic mass is 28.5. The molecule has 0 amide bonds. The molecule has 0 radical (unpaired) electrons. The second kappa shape index (κ2) is 8.85. The van der Waals surface area contributed by atoms with Gasteiger partial charge in [0.05, 0.1) is 0 Å². The van der Waals surface area contributed by atoms with Gasteiger partial charge in [-0.05, 0) is 50.4 Å². The van der Waals surface area contributed by atoms with Gasteiger partial charge in [0, 0.05) is 0 Å². The van der Waals surface area contributed by atoms with E-state index in [4.69, 9.17) is 8.23 Å². The zero-order chi connectivity index (χ0) is 16.6. The number of allylic oxidation sites excluding steroid dienone is 4. The van der Waals surface area contributed by atoms with Gasteiger partial charge in [-0.25, -0.2) is 0 Å². The Balaban J connectivity index is 5.07. The first-order chi connectivity index (χ1) is 9.66. The molecule has 0 aliphatic rings. The summed E-state index contributed by atoms with van der Waals surface area (Å²) in [6.45, 7) is 24.3. The van der Waals surface area contributed by atoms with Gasteiger partial charge in [-0.3, -0.25) is 0 Å². The van der Waals surface area contributed by atoms with Crippen LogP contribution in [0.5, 0.6) is 0 Å². The molecular formula is C16H32O2Si3. The Morgan fingerprint density at radius 2 is 0.857 bits per heavy atom. The third-order valence-electron chi connectivity index (χ3n) is 3.29. The zero-order valence-corrected chi connectivity index (χ0v) is 17.3. The van der Waals surface area contributed by atoms with E-state index in [1.807, 2.05) is 24.3 Å². The Hall–Kier alpha value is -0.469. The molecule has 0 rings (SSSR count). The van der Waals surface area contributed by atoms with Gasteiger partial charge in [-0.1, -0.05) is 24.3 Å². The van der Waals surface area contributed by atoms with Crippen molar-refractivity contribution in [3.8, 4) is 0 Å². The molecule has 0 fully saturated rings. The average molecular weight is 341 g/mol. The topological polar surface area (TPSA) is 18.5 Å². The van der Waals surface area contributed by atoms with Crippen molar-refractivity contribution in [2.75, 3.05) is 0 Å². The summed E-state index contributed by atoms with van der Waals surface area (Å²) in [6.07, 6.45) is 7.85. The van der Waals surface area contributed by atoms with Crippen LogP contribution in [0.2, 0.25) is 50.4 Å². The summed E-state index contributed by atoms with van der Waals surface area (Å²) in [5.41, 5.74) is 0. The quantitative estimate of drug-likeness (QED) is 0.339. The largest absolute Gasteiger partial charge is 0.436 e. The van der Waals surface area contributed by atoms with E-state index in [0.29, 0.717) is 0 Å². The molecule has 0 aromatic heterocycles. The highest BCUT2D eigenvalue weighted by Gasteiger charge is 2.41. The van der Waals surface area contributed by atoms with Gasteiger partial charge in [0.1, 0.15) is 0 Å². The molecule has 0 heterocycles. The van der Waals surface area contributed by atoms with E-state index in [0.717, 1.165) is 24.2 Å². The summed E-state index contributed by atoms with van der Waals surface area (Å²) in [6, 6.07) is 3.72. The SMILES string of the molecule is C=CC[Si](C)(CC=C)O[Si](C)(C)O[Si](C)(CC=C)CC=C. The molecule has 0 aromatic carbocycles. The maximum absolute atomic E-state index is 6.57. The van der Waals surface area contributed by atoms with Gasteiger partial charge in [-0.15, -0.1) is 26.3 Å². The summed E-state index contributed by atoms with van der Waals surface area (Å²) in [4.78, 5) is 0. The van der Waals surface area contributed by atoms with Crippen LogP contribution in [0.1, 0.15) is 0 Å². The molecule has 0 bridgehead atoms. The lowest BCUT2D eigenvalue weighted by molar-refractivity contribution is 0.388. The van der Waals surface area contributed by atoms with E-state index in [1.165, 1.54) is 0 Å². The molecule has 0 unspecified atom stereocenters. The van der Waals surface area contributed by atoms with Crippen LogP contribution in [0, 0.1) is 0 Å². The minimum atomic E-state index is -2.19. The zero-order valence-electron chi connectivity index (χ0n) is 14.3. The van der Waals surface area contributed by atoms with Crippen LogP contribution in [-0.2, 0) is 8.23 Å². The van der Waals surface area contributed by atoms with E-state index in [1.54, 1.807) is 0 Å². The maximum Gasteiger partial charge on any atom is 0.311 e. The minimum Gasteiger partial charge on any atom is -0.436 e. The summed E-state index contributed by atoms with van der Waals surface area (Å²) < 4.78 is 13.1. The lowest BCUT2D eigenvalue weighted by atomic mass is 10.7. The third-order valence-corrected chi connectivity index (χ3v) is 15.8. The molecule has 5 heteroatoms. The first kappa shape index (κ1) is 20.5. The van der Waals surface area contributed by atoms with Gasteiger partial charge in [0.15, 0.2) is 16.6 Å². The standard InChI is InChI=1S/C16H32O2Si3/c1-9-13-20(7,14-10-2)17-19(5,6)18-21(8,15-11-3)16-12-4/h9-12H,1-4,13-16H2,5-8H3. The predicted octanol–water partition coefficient (Wildman–Crippen LogP) is 5.62. The Morgan fingerprint density at radius 3 is 1.05 bits per heavy atom. The molecule has 0 aromatic rings. The molecule has 0 aliphatic carbocycles. The molecule has 0 saturated carbocycles. The first-order valence-corrected chi connectivity index (χ1v) is 16.0. The third kappa shape index (κ3) is 7.92. The Labute approximate surface area is 134 Å². The summed E-state index contributed by atoms with van der Waals surface area (Å²) in [7, 11) is -5.91. The van der Waals surface area contributed by atoms with Crippen LogP contribution in [0.4, 0.5) is 0 Å². The van der Waals surface area contributed by atoms with Crippen LogP contribution in [0.25, 0.3) is 0 Å². The second-order valence-electron chi connectivity index (χ2n) is 6.47. The molecule has 0 N–H and O–H groups in total. The van der Waals surface area contributed by atoms with Crippen molar-refractivity contribution >= 4 is 25.2 Å². The van der Waals surface area contributed by atoms with Crippen molar-refractivity contribution in [1.82, 2.24) is 0 Å². The Bertz CT molecular complexity index is 324. The maximum atomic E-state index is 6.57. The highest BCUT2D eigenvalue weighted by Crippen LogP contribution is 2.29. The van der Waals surface area contributed by atoms with Crippen LogP contribution < -0.4 is 0 Å². The fraction of sp³-hybridized carbons (Fsp3) is 0.500. The van der Waals surface area contributed by atoms with Crippen molar-refractivity contribution in [2.24, 2.45) is 0 Å². The van der Waals surface area contributed by atoms with E-state index >= 15 is 0 Å². The molecule has 120 valence electrons. The Kier molecular flexibility index (Phi) is 8.65. The fourth-order valence-corrected chi connectivity index (χ4v) is 16.9. The molecule has 0 aliphatic heterocycles. The monoisotopic (exact) mass is 340 g/mol. The second-order valence-corrected chi connectivity index (χ2v) is 18.3. The first-order valence-electron chi connectivity index (χ1n) is 7.50. The number of hydrogen-bond donors (Lipinski definition) is 0. The summed E-state index contributed by atoms with van der Waals surface area (Å²) in [5.74, 6) is 0. The van der Waals surface area contributed by atoms with Crippen molar-refractivity contribution in [2.45, 2.75) is 50.4 Å². The molecule has 21 heavy (non-hydrogen) atoms. The van der Waals surface area contributed by atoms with Gasteiger partial charge in [-0.2, -0.15) is 0 Å². The molecular weight excluding hydrogens is 308 g/mol. The van der Waals surface area contributed by atoms with Crippen LogP contribution in [-0.4, -0.2) is 25.2 Å². The normalized spacial score (nSPS) is 12.8. The molecule has 0 spiro atoms. The van der Waals surface area contributed by atoms with E-state index in [-0.39, 0.29) is 0 Å². The molecule has 0 atom stereocenters. The van der Waals surface area contributed by atoms with E-state index in [2.05, 4.69) is 52.5 Å². The smallest absolute Gasteiger partial charge is 0.311 e. The lowest BCUT2D eigenvalue weighted by Gasteiger charge is -2.40. The molecule has 0 saturated heterocycles. The predicted molar refractivity (Wildman–Crippen MR) is 103 cm³/mol. The number of hydrogen-bond acceptors (Lipinski definition) is 2. The minimum absolute atomic E-state index is 0.931. The van der Waals surface area contributed by atoms with Gasteiger partial charge in [0.2, 0.25) is 0 Å². The van der Waals surface area contributed by atoms with Crippen LogP contribution >= 0.6 is 0 Å². The van der Waals surface area contributed by atoms with E-state index in [9.17, 15) is 0 Å². The van der Waals surface area contributed by atoms with Crippen molar-refractivity contribution in [3.63, 3.8) is 0 Å². The van der Waals surface area contributed by atoms with Crippen LogP contribution in [0.15, 0.2) is 50.6 Å². The van der Waals surface area contributed by atoms with Gasteiger partial charge >= 0.3 is 8.56 Å². The fourth-order valence-electron chi connectivity index (χ4n) is 2.76. The molecule has 2 nitrogen and oxygen atoms in total. The van der Waals surface area contributed by atoms with E-state index < -0.39 is 25.2 Å². The van der Waals surface area contributed by atoms with Gasteiger partial charge in [0.25, 0.3) is 0 Å². The summed E-state index contributed by atoms with van der Waals surface area (Å²) in [5, 5.41) is 0. The lowest BCUT2D eigenvalue weighted by Crippen LogP contribution is -2.53. The number of rotatable bonds is 12. The van der Waals surface area contributed by atoms with Crippen molar-refractivity contribution in [1.29, 1.82) is 0 Å². The van der Waals surface area contributed by atoms with Crippen molar-refractivity contribution in [3.05, 3.63) is 50.6 Å². The summed E-state index contributed by atoms with van der Waals surface area (Å²) >= 11 is 0. The van der Waals surface area contributed by atoms with Crippen molar-refractivity contribution < 1.29 is 8.23 Å². The van der Waals surface area contributed by atoms with Gasteiger partial charge < -0.3 is 8.23 Å². The average Bonchev–Trinajstić information content (AvgIpc) is 2.27. The Morgan fingerprint density at radius 1 is 0.619 bits per heavy atom.